The molecule has 0 saturated carbocycles. The Balaban J connectivity index is 0.00000560. The zero-order valence-electron chi connectivity index (χ0n) is 25.9. The van der Waals surface area contributed by atoms with E-state index in [9.17, 15) is 0 Å². The van der Waals surface area contributed by atoms with Crippen molar-refractivity contribution >= 4 is 52.6 Å². The molecule has 1 aliphatic heterocycles. The molecule has 40 heavy (non-hydrogen) atoms. The zero-order chi connectivity index (χ0) is 28.3. The standard InChI is InChI=1S/C32H52BrN5O.H2S/c1-7-11-13-14-17-32(6,16-12-8-2)23-39-31-36-27-22-26(33)29(35-24(5)9-3)25(10-4)28(27)30(37-31)38-20-15-18-34-19-21-38;/h10,22,24,34H,7-9,11-21,23H2,1-6H3;1H2/b25-10-,35-29?;. The number of hydrogen-bond acceptors (Lipinski definition) is 6. The number of unbranched alkanes of at least 4 members (excludes halogenated alkanes) is 4. The van der Waals surface area contributed by atoms with Gasteiger partial charge in [-0.1, -0.05) is 72.3 Å². The molecule has 3 rings (SSSR count). The van der Waals surface area contributed by atoms with Crippen molar-refractivity contribution in [3.05, 3.63) is 21.8 Å². The van der Waals surface area contributed by atoms with Crippen molar-refractivity contribution in [2.45, 2.75) is 112 Å². The van der Waals surface area contributed by atoms with Gasteiger partial charge in [0.05, 0.1) is 23.6 Å². The van der Waals surface area contributed by atoms with E-state index in [0.29, 0.717) is 12.6 Å². The quantitative estimate of drug-likeness (QED) is 0.208. The molecule has 1 saturated heterocycles. The lowest BCUT2D eigenvalue weighted by molar-refractivity contribution is 0.125. The van der Waals surface area contributed by atoms with Crippen LogP contribution in [0.1, 0.15) is 117 Å². The fourth-order valence-corrected chi connectivity index (χ4v) is 5.94. The van der Waals surface area contributed by atoms with Gasteiger partial charge < -0.3 is 15.0 Å². The molecule has 2 atom stereocenters. The van der Waals surface area contributed by atoms with Crippen molar-refractivity contribution in [1.82, 2.24) is 15.3 Å². The summed E-state index contributed by atoms with van der Waals surface area (Å²) in [7, 11) is 0. The molecule has 1 N–H and O–H groups in total. The lowest BCUT2D eigenvalue weighted by Gasteiger charge is -2.31. The minimum Gasteiger partial charge on any atom is -0.463 e. The highest BCUT2D eigenvalue weighted by molar-refractivity contribution is 9.12. The van der Waals surface area contributed by atoms with Crippen LogP contribution >= 0.6 is 29.4 Å². The molecule has 1 aromatic heterocycles. The highest BCUT2D eigenvalue weighted by Crippen LogP contribution is 2.40. The number of nitrogens with one attached hydrogen (secondary N) is 1. The third-order valence-electron chi connectivity index (χ3n) is 8.10. The minimum atomic E-state index is 0. The lowest BCUT2D eigenvalue weighted by atomic mass is 9.81. The number of allylic oxidation sites excluding steroid dienone is 3. The van der Waals surface area contributed by atoms with E-state index in [2.05, 4.69) is 79.8 Å². The van der Waals surface area contributed by atoms with Crippen LogP contribution in [-0.4, -0.2) is 54.5 Å². The van der Waals surface area contributed by atoms with Crippen molar-refractivity contribution in [1.29, 1.82) is 0 Å². The summed E-state index contributed by atoms with van der Waals surface area (Å²) in [6.07, 6.45) is 16.3. The Kier molecular flexibility index (Phi) is 15.3. The predicted octanol–water partition coefficient (Wildman–Crippen LogP) is 8.33. The first-order chi connectivity index (χ1) is 18.9. The van der Waals surface area contributed by atoms with Crippen LogP contribution in [0.3, 0.4) is 0 Å². The van der Waals surface area contributed by atoms with E-state index in [1.807, 2.05) is 0 Å². The molecule has 2 aliphatic rings. The minimum absolute atomic E-state index is 0. The Hall–Kier alpha value is -1.38. The van der Waals surface area contributed by atoms with Gasteiger partial charge in [0.1, 0.15) is 5.82 Å². The summed E-state index contributed by atoms with van der Waals surface area (Å²) in [5, 5.41) is 3.54. The number of halogens is 1. The van der Waals surface area contributed by atoms with Gasteiger partial charge in [0.25, 0.3) is 0 Å². The van der Waals surface area contributed by atoms with Gasteiger partial charge in [-0.25, -0.2) is 0 Å². The normalized spacial score (nSPS) is 19.9. The van der Waals surface area contributed by atoms with Crippen LogP contribution < -0.4 is 15.0 Å². The smallest absolute Gasteiger partial charge is 0.318 e. The average molecular weight is 637 g/mol. The Morgan fingerprint density at radius 1 is 1.10 bits per heavy atom. The van der Waals surface area contributed by atoms with E-state index < -0.39 is 0 Å². The molecule has 226 valence electrons. The third kappa shape index (κ3) is 9.59. The van der Waals surface area contributed by atoms with Gasteiger partial charge in [0.15, 0.2) is 0 Å². The second-order valence-corrected chi connectivity index (χ2v) is 12.5. The van der Waals surface area contributed by atoms with Gasteiger partial charge in [0, 0.05) is 41.1 Å². The topological polar surface area (TPSA) is 62.6 Å². The predicted molar refractivity (Wildman–Crippen MR) is 182 cm³/mol. The maximum atomic E-state index is 6.51. The Morgan fingerprint density at radius 2 is 1.85 bits per heavy atom. The van der Waals surface area contributed by atoms with Crippen LogP contribution in [0.4, 0.5) is 5.82 Å². The van der Waals surface area contributed by atoms with Gasteiger partial charge in [-0.2, -0.15) is 23.5 Å². The number of anilines is 1. The van der Waals surface area contributed by atoms with Crippen LogP contribution in [-0.2, 0) is 0 Å². The zero-order valence-corrected chi connectivity index (χ0v) is 28.5. The van der Waals surface area contributed by atoms with Gasteiger partial charge >= 0.3 is 6.01 Å². The summed E-state index contributed by atoms with van der Waals surface area (Å²) in [5.41, 5.74) is 4.21. The molecule has 8 heteroatoms. The highest BCUT2D eigenvalue weighted by Gasteiger charge is 2.31. The Bertz CT molecular complexity index is 1020. The van der Waals surface area contributed by atoms with Gasteiger partial charge in [-0.3, -0.25) is 4.99 Å². The molecule has 0 spiro atoms. The van der Waals surface area contributed by atoms with Crippen molar-refractivity contribution in [3.63, 3.8) is 0 Å². The number of ether oxygens (including phenoxy) is 1. The molecular formula is C32H54BrN5OS. The van der Waals surface area contributed by atoms with Crippen LogP contribution in [0.5, 0.6) is 6.01 Å². The average Bonchev–Trinajstić information content (AvgIpc) is 3.23. The summed E-state index contributed by atoms with van der Waals surface area (Å²) >= 11 is 3.83. The summed E-state index contributed by atoms with van der Waals surface area (Å²) in [4.78, 5) is 17.6. The molecule has 1 aliphatic carbocycles. The maximum absolute atomic E-state index is 6.51. The number of nitrogens with zero attached hydrogens (tertiary/aromatic N) is 4. The molecule has 0 aromatic carbocycles. The number of aliphatic imine (C=N–C) groups is 1. The van der Waals surface area contributed by atoms with Gasteiger partial charge in [-0.15, -0.1) is 0 Å². The first-order valence-corrected chi connectivity index (χ1v) is 16.3. The summed E-state index contributed by atoms with van der Waals surface area (Å²) in [5.74, 6) is 0.970. The number of fused-ring (bicyclic) bond motifs is 1. The fourth-order valence-electron chi connectivity index (χ4n) is 5.41. The van der Waals surface area contributed by atoms with Crippen molar-refractivity contribution in [3.8, 4) is 6.01 Å². The largest absolute Gasteiger partial charge is 0.463 e. The number of aromatic nitrogens is 2. The molecule has 1 fully saturated rings. The van der Waals surface area contributed by atoms with Crippen molar-refractivity contribution in [2.24, 2.45) is 10.4 Å². The number of hydrogen-bond donors (Lipinski definition) is 1. The van der Waals surface area contributed by atoms with Crippen molar-refractivity contribution < 1.29 is 4.74 Å². The Labute approximate surface area is 259 Å². The Morgan fingerprint density at radius 3 is 2.55 bits per heavy atom. The molecule has 0 amide bonds. The van der Waals surface area contributed by atoms with E-state index in [4.69, 9.17) is 19.7 Å². The maximum Gasteiger partial charge on any atom is 0.318 e. The van der Waals surface area contributed by atoms with Gasteiger partial charge in [-0.05, 0) is 68.1 Å². The van der Waals surface area contributed by atoms with Crippen LogP contribution in [0.15, 0.2) is 15.6 Å². The number of rotatable bonds is 14. The molecule has 2 heterocycles. The lowest BCUT2D eigenvalue weighted by Crippen LogP contribution is -2.31. The second-order valence-electron chi connectivity index (χ2n) is 11.6. The monoisotopic (exact) mass is 635 g/mol. The van der Waals surface area contributed by atoms with Crippen molar-refractivity contribution in [2.75, 3.05) is 37.7 Å². The first-order valence-electron chi connectivity index (χ1n) is 15.5. The van der Waals surface area contributed by atoms with E-state index in [1.165, 1.54) is 51.4 Å². The van der Waals surface area contributed by atoms with Crippen LogP contribution in [0, 0.1) is 5.41 Å². The van der Waals surface area contributed by atoms with Crippen LogP contribution in [0.25, 0.3) is 11.6 Å². The highest BCUT2D eigenvalue weighted by atomic mass is 79.9. The third-order valence-corrected chi connectivity index (χ3v) is 8.70. The first kappa shape index (κ1) is 34.8. The molecule has 0 bridgehead atoms. The van der Waals surface area contributed by atoms with Gasteiger partial charge in [0.2, 0.25) is 0 Å². The summed E-state index contributed by atoms with van der Waals surface area (Å²) in [6.45, 7) is 17.9. The fraction of sp³-hybridized carbons (Fsp3) is 0.719. The molecule has 6 nitrogen and oxygen atoms in total. The second kappa shape index (κ2) is 17.5. The summed E-state index contributed by atoms with van der Waals surface area (Å²) < 4.78 is 7.48. The molecule has 1 aromatic rings. The SMILES string of the molecule is C/C=C1\C(=NC(C)CC)C(Br)=Cc2nc(OCC(C)(CCCC)CCCCCC)nc(N3CCCNCC3)c21.S. The molecule has 2 unspecified atom stereocenters. The van der Waals surface area contributed by atoms with Crippen LogP contribution in [0.2, 0.25) is 0 Å². The van der Waals surface area contributed by atoms with E-state index in [-0.39, 0.29) is 25.0 Å². The van der Waals surface area contributed by atoms with E-state index >= 15 is 0 Å². The molecule has 0 radical (unpaired) electrons. The summed E-state index contributed by atoms with van der Waals surface area (Å²) in [6, 6.07) is 0.733. The van der Waals surface area contributed by atoms with E-state index in [1.54, 1.807) is 0 Å². The molecular weight excluding hydrogens is 582 g/mol. The van der Waals surface area contributed by atoms with E-state index in [0.717, 1.165) is 71.9 Å².